The average molecular weight is 536 g/mol. The molecule has 0 aliphatic heterocycles. The molecule has 0 saturated carbocycles. The molecule has 0 spiro atoms. The molecule has 9 nitrogen and oxygen atoms in total. The molecule has 3 heterocycles. The van der Waals surface area contributed by atoms with Gasteiger partial charge in [-0.3, -0.25) is 14.2 Å². The van der Waals surface area contributed by atoms with Gasteiger partial charge in [-0.25, -0.2) is 4.79 Å². The Bertz CT molecular complexity index is 1240. The molecule has 0 aliphatic carbocycles. The van der Waals surface area contributed by atoms with Crippen molar-refractivity contribution in [3.8, 4) is 11.4 Å². The zero-order valence-electron chi connectivity index (χ0n) is 20.8. The van der Waals surface area contributed by atoms with Crippen molar-refractivity contribution in [2.75, 3.05) is 32.3 Å². The number of amides is 2. The van der Waals surface area contributed by atoms with Gasteiger partial charge in [0.1, 0.15) is 5.00 Å². The molecule has 3 rings (SSSR count). The molecule has 0 aromatic carbocycles. The number of nitrogens with zero attached hydrogens (tertiary/aromatic N) is 4. The smallest absolute Gasteiger partial charge is 0.341 e. The first-order valence-corrected chi connectivity index (χ1v) is 13.7. The summed E-state index contributed by atoms with van der Waals surface area (Å²) in [6.45, 7) is 7.88. The molecule has 0 atom stereocenters. The predicted octanol–water partition coefficient (Wildman–Crippen LogP) is 4.74. The van der Waals surface area contributed by atoms with E-state index in [1.807, 2.05) is 18.4 Å². The molecule has 1 N–H and O–H groups in total. The van der Waals surface area contributed by atoms with Crippen LogP contribution in [0, 0.1) is 6.92 Å². The van der Waals surface area contributed by atoms with Crippen molar-refractivity contribution < 1.29 is 19.1 Å². The number of rotatable bonds is 9. The highest BCUT2D eigenvalue weighted by Gasteiger charge is 2.27. The molecule has 3 aromatic rings. The van der Waals surface area contributed by atoms with Gasteiger partial charge in [-0.05, 0) is 38.8 Å². The molecule has 0 bridgehead atoms. The number of aryl methyl sites for hydroxylation is 1. The fraction of sp³-hybridized carbons (Fsp3) is 0.435. The molecule has 0 fully saturated rings. The summed E-state index contributed by atoms with van der Waals surface area (Å²) in [7, 11) is 4.53. The minimum atomic E-state index is -0.606. The van der Waals surface area contributed by atoms with Gasteiger partial charge < -0.3 is 15.0 Å². The number of aromatic nitrogens is 3. The van der Waals surface area contributed by atoms with Crippen molar-refractivity contribution in [1.82, 2.24) is 19.7 Å². The van der Waals surface area contributed by atoms with E-state index in [1.165, 1.54) is 28.6 Å². The van der Waals surface area contributed by atoms with E-state index in [0.29, 0.717) is 20.6 Å². The third kappa shape index (κ3) is 5.76. The number of anilines is 1. The van der Waals surface area contributed by atoms with E-state index in [2.05, 4.69) is 33.9 Å². The van der Waals surface area contributed by atoms with Gasteiger partial charge in [0, 0.05) is 36.0 Å². The van der Waals surface area contributed by atoms with E-state index in [1.54, 1.807) is 32.4 Å². The Morgan fingerprint density at radius 2 is 1.97 bits per heavy atom. The van der Waals surface area contributed by atoms with Crippen LogP contribution in [0.15, 0.2) is 16.6 Å². The molecular formula is C23H29N5O4S3. The number of hydrogen-bond donors (Lipinski definition) is 1. The Morgan fingerprint density at radius 3 is 2.54 bits per heavy atom. The zero-order valence-corrected chi connectivity index (χ0v) is 23.2. The Morgan fingerprint density at radius 1 is 1.26 bits per heavy atom. The fourth-order valence-electron chi connectivity index (χ4n) is 3.37. The number of nitrogens with one attached hydrogen (secondary N) is 1. The van der Waals surface area contributed by atoms with Crippen LogP contribution in [-0.4, -0.2) is 64.4 Å². The lowest BCUT2D eigenvalue weighted by Gasteiger charge is -2.13. The SMILES string of the molecule is CCc1cc(-c2nnc(SCC(=O)Nc3sc(C(=O)N(C)C)c(C)c3C(=O)OC)n2C(C)C)cs1. The van der Waals surface area contributed by atoms with Crippen LogP contribution in [0.25, 0.3) is 11.4 Å². The molecule has 0 radical (unpaired) electrons. The van der Waals surface area contributed by atoms with Crippen molar-refractivity contribution in [2.24, 2.45) is 0 Å². The van der Waals surface area contributed by atoms with Gasteiger partial charge in [0.15, 0.2) is 11.0 Å². The van der Waals surface area contributed by atoms with E-state index in [0.717, 1.165) is 29.1 Å². The highest BCUT2D eigenvalue weighted by Crippen LogP contribution is 2.35. The third-order valence-electron chi connectivity index (χ3n) is 5.16. The number of thiophene rings is 2. The summed E-state index contributed by atoms with van der Waals surface area (Å²) < 4.78 is 6.90. The van der Waals surface area contributed by atoms with Crippen LogP contribution in [-0.2, 0) is 16.0 Å². The lowest BCUT2D eigenvalue weighted by Crippen LogP contribution is -2.21. The first-order valence-electron chi connectivity index (χ1n) is 11.0. The van der Waals surface area contributed by atoms with Crippen LogP contribution in [0.2, 0.25) is 0 Å². The van der Waals surface area contributed by atoms with Crippen LogP contribution in [0.4, 0.5) is 5.00 Å². The second-order valence-corrected chi connectivity index (χ2v) is 11.2. The summed E-state index contributed by atoms with van der Waals surface area (Å²) in [6, 6.07) is 2.22. The second kappa shape index (κ2) is 11.4. The monoisotopic (exact) mass is 535 g/mol. The normalized spacial score (nSPS) is 11.1. The zero-order chi connectivity index (χ0) is 25.9. The van der Waals surface area contributed by atoms with Crippen LogP contribution in [0.3, 0.4) is 0 Å². The van der Waals surface area contributed by atoms with Gasteiger partial charge in [-0.2, -0.15) is 0 Å². The summed E-state index contributed by atoms with van der Waals surface area (Å²) in [5, 5.41) is 14.5. The van der Waals surface area contributed by atoms with E-state index < -0.39 is 5.97 Å². The summed E-state index contributed by atoms with van der Waals surface area (Å²) in [6.07, 6.45) is 0.958. The maximum Gasteiger partial charge on any atom is 0.341 e. The molecule has 12 heteroatoms. The summed E-state index contributed by atoms with van der Waals surface area (Å²) in [4.78, 5) is 40.8. The number of thioether (sulfide) groups is 1. The summed E-state index contributed by atoms with van der Waals surface area (Å²) in [5.41, 5.74) is 1.69. The van der Waals surface area contributed by atoms with Crippen LogP contribution < -0.4 is 5.32 Å². The predicted molar refractivity (Wildman–Crippen MR) is 141 cm³/mol. The van der Waals surface area contributed by atoms with Crippen molar-refractivity contribution >= 4 is 57.2 Å². The number of ether oxygens (including phenoxy) is 1. The van der Waals surface area contributed by atoms with Crippen molar-refractivity contribution in [3.05, 3.63) is 32.3 Å². The van der Waals surface area contributed by atoms with Crippen molar-refractivity contribution in [2.45, 2.75) is 45.3 Å². The molecule has 35 heavy (non-hydrogen) atoms. The van der Waals surface area contributed by atoms with E-state index >= 15 is 0 Å². The maximum absolute atomic E-state index is 12.8. The Hall–Kier alpha value is -2.70. The fourth-order valence-corrected chi connectivity index (χ4v) is 6.28. The Labute approximate surface area is 216 Å². The van der Waals surface area contributed by atoms with Crippen LogP contribution >= 0.6 is 34.4 Å². The Kier molecular flexibility index (Phi) is 8.73. The highest BCUT2D eigenvalue weighted by atomic mass is 32.2. The van der Waals surface area contributed by atoms with Gasteiger partial charge >= 0.3 is 5.97 Å². The number of carbonyl (C=O) groups is 3. The van der Waals surface area contributed by atoms with E-state index in [9.17, 15) is 14.4 Å². The molecular weight excluding hydrogens is 506 g/mol. The molecule has 188 valence electrons. The van der Waals surface area contributed by atoms with Crippen LogP contribution in [0.1, 0.15) is 57.3 Å². The minimum Gasteiger partial charge on any atom is -0.465 e. The lowest BCUT2D eigenvalue weighted by atomic mass is 10.1. The number of hydrogen-bond acceptors (Lipinski definition) is 9. The second-order valence-electron chi connectivity index (χ2n) is 8.21. The topological polar surface area (TPSA) is 106 Å². The lowest BCUT2D eigenvalue weighted by molar-refractivity contribution is -0.113. The van der Waals surface area contributed by atoms with E-state index in [-0.39, 0.29) is 29.2 Å². The van der Waals surface area contributed by atoms with Gasteiger partial charge in [0.25, 0.3) is 5.91 Å². The van der Waals surface area contributed by atoms with Gasteiger partial charge in [0.05, 0.1) is 23.3 Å². The highest BCUT2D eigenvalue weighted by molar-refractivity contribution is 7.99. The standard InChI is InChI=1S/C23H29N5O4S3/c1-8-15-9-14(10-33-15)19-25-26-23(28(19)12(2)3)34-11-16(29)24-20-17(22(31)32-7)13(4)18(35-20)21(30)27(5)6/h9-10,12H,8,11H2,1-7H3,(H,24,29). The number of carbonyl (C=O) groups excluding carboxylic acids is 3. The van der Waals surface area contributed by atoms with Gasteiger partial charge in [0.2, 0.25) is 5.91 Å². The first kappa shape index (κ1) is 26.9. The molecule has 0 saturated heterocycles. The average Bonchev–Trinajstić information content (AvgIpc) is 3.53. The number of esters is 1. The van der Waals surface area contributed by atoms with Crippen molar-refractivity contribution in [3.63, 3.8) is 0 Å². The minimum absolute atomic E-state index is 0.0588. The quantitative estimate of drug-likeness (QED) is 0.312. The van der Waals surface area contributed by atoms with E-state index in [4.69, 9.17) is 4.74 Å². The summed E-state index contributed by atoms with van der Waals surface area (Å²) >= 11 is 4.02. The Balaban J connectivity index is 1.80. The third-order valence-corrected chi connectivity index (χ3v) is 8.38. The van der Waals surface area contributed by atoms with Gasteiger partial charge in [-0.1, -0.05) is 18.7 Å². The van der Waals surface area contributed by atoms with Crippen molar-refractivity contribution in [1.29, 1.82) is 0 Å². The molecule has 0 aliphatic rings. The molecule has 0 unspecified atom stereocenters. The number of methoxy groups -OCH3 is 1. The largest absolute Gasteiger partial charge is 0.465 e. The first-order chi connectivity index (χ1) is 16.6. The van der Waals surface area contributed by atoms with Gasteiger partial charge in [-0.15, -0.1) is 32.9 Å². The maximum atomic E-state index is 12.8. The molecule has 2 amide bonds. The van der Waals surface area contributed by atoms with Crippen LogP contribution in [0.5, 0.6) is 0 Å². The molecule has 3 aromatic heterocycles. The summed E-state index contributed by atoms with van der Waals surface area (Å²) in [5.74, 6) is -0.347.